The van der Waals surface area contributed by atoms with Crippen LogP contribution in [0, 0.1) is 13.8 Å². The van der Waals surface area contributed by atoms with Crippen LogP contribution in [0.3, 0.4) is 0 Å². The topological polar surface area (TPSA) is 81.4 Å². The maximum atomic E-state index is 12.1. The van der Waals surface area contributed by atoms with Crippen LogP contribution in [0.4, 0.5) is 5.00 Å². The van der Waals surface area contributed by atoms with E-state index < -0.39 is 5.91 Å². The smallest absolute Gasteiger partial charge is 0.262 e. The summed E-state index contributed by atoms with van der Waals surface area (Å²) in [5.41, 5.74) is 7.63. The van der Waals surface area contributed by atoms with Gasteiger partial charge in [-0.1, -0.05) is 25.1 Å². The molecule has 3 N–H and O–H groups in total. The summed E-state index contributed by atoms with van der Waals surface area (Å²) in [6.45, 7) is 5.71. The number of ether oxygens (including phenoxy) is 1. The van der Waals surface area contributed by atoms with Crippen molar-refractivity contribution in [1.82, 2.24) is 0 Å². The fraction of sp³-hybridized carbons (Fsp3) is 0.294. The lowest BCUT2D eigenvalue weighted by atomic mass is 10.1. The zero-order valence-corrected chi connectivity index (χ0v) is 14.3. The van der Waals surface area contributed by atoms with Gasteiger partial charge in [0.25, 0.3) is 11.8 Å². The zero-order chi connectivity index (χ0) is 17.0. The van der Waals surface area contributed by atoms with Crippen molar-refractivity contribution in [3.63, 3.8) is 0 Å². The summed E-state index contributed by atoms with van der Waals surface area (Å²) >= 11 is 1.36. The minimum atomic E-state index is -0.549. The molecule has 0 atom stereocenters. The van der Waals surface area contributed by atoms with Gasteiger partial charge >= 0.3 is 0 Å². The first-order valence-corrected chi connectivity index (χ1v) is 8.15. The molecular weight excluding hydrogens is 312 g/mol. The van der Waals surface area contributed by atoms with Crippen molar-refractivity contribution in [3.8, 4) is 5.75 Å². The van der Waals surface area contributed by atoms with Gasteiger partial charge in [0.05, 0.1) is 5.56 Å². The van der Waals surface area contributed by atoms with Crippen LogP contribution in [0.2, 0.25) is 0 Å². The van der Waals surface area contributed by atoms with E-state index in [1.165, 1.54) is 11.3 Å². The molecule has 0 aliphatic carbocycles. The molecule has 1 aromatic carbocycles. The van der Waals surface area contributed by atoms with Gasteiger partial charge in [0.1, 0.15) is 10.8 Å². The van der Waals surface area contributed by atoms with Crippen LogP contribution < -0.4 is 15.8 Å². The Kier molecular flexibility index (Phi) is 5.39. The lowest BCUT2D eigenvalue weighted by molar-refractivity contribution is -0.118. The fourth-order valence-corrected chi connectivity index (χ4v) is 3.24. The van der Waals surface area contributed by atoms with Gasteiger partial charge in [0.15, 0.2) is 6.61 Å². The molecule has 122 valence electrons. The Morgan fingerprint density at radius 3 is 2.48 bits per heavy atom. The number of para-hydroxylation sites is 1. The Morgan fingerprint density at radius 1 is 1.26 bits per heavy atom. The van der Waals surface area contributed by atoms with Gasteiger partial charge in [-0.15, -0.1) is 11.3 Å². The predicted molar refractivity (Wildman–Crippen MR) is 92.3 cm³/mol. The van der Waals surface area contributed by atoms with Crippen LogP contribution in [-0.2, 0) is 11.2 Å². The van der Waals surface area contributed by atoms with E-state index in [0.29, 0.717) is 16.3 Å². The van der Waals surface area contributed by atoms with E-state index in [2.05, 4.69) is 5.32 Å². The number of hydrogen-bond acceptors (Lipinski definition) is 4. The largest absolute Gasteiger partial charge is 0.483 e. The molecule has 0 aliphatic rings. The van der Waals surface area contributed by atoms with Gasteiger partial charge in [0.2, 0.25) is 0 Å². The molecule has 0 spiro atoms. The standard InChI is InChI=1S/C17H20N2O3S/c1-4-12-8-13(16(18)21)17(23-12)19-14(20)9-22-15-10(2)6-5-7-11(15)3/h5-8H,4,9H2,1-3H3,(H2,18,21)(H,19,20). The van der Waals surface area contributed by atoms with Crippen molar-refractivity contribution in [1.29, 1.82) is 0 Å². The molecule has 0 saturated heterocycles. The quantitative estimate of drug-likeness (QED) is 0.853. The molecule has 1 aromatic heterocycles. The van der Waals surface area contributed by atoms with Gasteiger partial charge in [-0.3, -0.25) is 9.59 Å². The van der Waals surface area contributed by atoms with Crippen LogP contribution in [-0.4, -0.2) is 18.4 Å². The van der Waals surface area contributed by atoms with E-state index in [9.17, 15) is 9.59 Å². The number of carbonyl (C=O) groups is 2. The van der Waals surface area contributed by atoms with Crippen molar-refractivity contribution in [2.75, 3.05) is 11.9 Å². The molecule has 0 fully saturated rings. The predicted octanol–water partition coefficient (Wildman–Crippen LogP) is 3.04. The second kappa shape index (κ2) is 7.28. The highest BCUT2D eigenvalue weighted by Gasteiger charge is 2.16. The van der Waals surface area contributed by atoms with Gasteiger partial charge in [0, 0.05) is 4.88 Å². The zero-order valence-electron chi connectivity index (χ0n) is 13.4. The molecule has 2 rings (SSSR count). The molecule has 23 heavy (non-hydrogen) atoms. The summed E-state index contributed by atoms with van der Waals surface area (Å²) in [4.78, 5) is 24.5. The summed E-state index contributed by atoms with van der Waals surface area (Å²) in [7, 11) is 0. The summed E-state index contributed by atoms with van der Waals surface area (Å²) < 4.78 is 5.61. The van der Waals surface area contributed by atoms with Gasteiger partial charge in [-0.2, -0.15) is 0 Å². The van der Waals surface area contributed by atoms with Crippen molar-refractivity contribution in [2.45, 2.75) is 27.2 Å². The van der Waals surface area contributed by atoms with Crippen molar-refractivity contribution >= 4 is 28.2 Å². The molecular formula is C17H20N2O3S. The third kappa shape index (κ3) is 4.10. The number of aryl methyl sites for hydroxylation is 3. The number of primary amides is 1. The van der Waals surface area contributed by atoms with Crippen molar-refractivity contribution < 1.29 is 14.3 Å². The minimum absolute atomic E-state index is 0.122. The van der Waals surface area contributed by atoms with Crippen LogP contribution in [0.25, 0.3) is 0 Å². The first-order chi connectivity index (χ1) is 10.9. The number of nitrogens with one attached hydrogen (secondary N) is 1. The Hall–Kier alpha value is -2.34. The third-order valence-electron chi connectivity index (χ3n) is 3.41. The van der Waals surface area contributed by atoms with E-state index in [-0.39, 0.29) is 12.5 Å². The lowest BCUT2D eigenvalue weighted by Crippen LogP contribution is -2.22. The fourth-order valence-electron chi connectivity index (χ4n) is 2.22. The number of amides is 2. The monoisotopic (exact) mass is 332 g/mol. The summed E-state index contributed by atoms with van der Waals surface area (Å²) in [5, 5.41) is 3.19. The average molecular weight is 332 g/mol. The molecule has 0 bridgehead atoms. The second-order valence-electron chi connectivity index (χ2n) is 5.23. The molecule has 2 amide bonds. The highest BCUT2D eigenvalue weighted by Crippen LogP contribution is 2.28. The van der Waals surface area contributed by atoms with E-state index in [1.54, 1.807) is 6.07 Å². The Bertz CT molecular complexity index is 717. The summed E-state index contributed by atoms with van der Waals surface area (Å²) in [5.74, 6) is -0.162. The van der Waals surface area contributed by atoms with Gasteiger partial charge in [-0.05, 0) is 37.5 Å². The maximum absolute atomic E-state index is 12.1. The number of rotatable bonds is 6. The second-order valence-corrected chi connectivity index (χ2v) is 6.37. The van der Waals surface area contributed by atoms with E-state index >= 15 is 0 Å². The molecule has 5 nitrogen and oxygen atoms in total. The van der Waals surface area contributed by atoms with Crippen LogP contribution in [0.1, 0.15) is 33.3 Å². The first-order valence-electron chi connectivity index (χ1n) is 7.33. The number of thiophene rings is 1. The van der Waals surface area contributed by atoms with Crippen LogP contribution in [0.15, 0.2) is 24.3 Å². The normalized spacial score (nSPS) is 10.4. The molecule has 0 aliphatic heterocycles. The highest BCUT2D eigenvalue weighted by atomic mass is 32.1. The van der Waals surface area contributed by atoms with E-state index in [0.717, 1.165) is 22.4 Å². The Morgan fingerprint density at radius 2 is 1.91 bits per heavy atom. The lowest BCUT2D eigenvalue weighted by Gasteiger charge is -2.11. The number of benzene rings is 1. The number of hydrogen-bond donors (Lipinski definition) is 2. The SMILES string of the molecule is CCc1cc(C(N)=O)c(NC(=O)COc2c(C)cccc2C)s1. The number of anilines is 1. The molecule has 0 unspecified atom stereocenters. The van der Waals surface area contributed by atoms with Crippen LogP contribution in [0.5, 0.6) is 5.75 Å². The highest BCUT2D eigenvalue weighted by molar-refractivity contribution is 7.16. The van der Waals surface area contributed by atoms with Crippen molar-refractivity contribution in [2.24, 2.45) is 5.73 Å². The van der Waals surface area contributed by atoms with E-state index in [4.69, 9.17) is 10.5 Å². The van der Waals surface area contributed by atoms with Gasteiger partial charge < -0.3 is 15.8 Å². The summed E-state index contributed by atoms with van der Waals surface area (Å²) in [6.07, 6.45) is 0.778. The molecule has 0 saturated carbocycles. The Labute approximate surface area is 139 Å². The van der Waals surface area contributed by atoms with E-state index in [1.807, 2.05) is 39.0 Å². The summed E-state index contributed by atoms with van der Waals surface area (Å²) in [6, 6.07) is 7.51. The average Bonchev–Trinajstić information content (AvgIpc) is 2.90. The maximum Gasteiger partial charge on any atom is 0.262 e. The van der Waals surface area contributed by atoms with Crippen molar-refractivity contribution in [3.05, 3.63) is 45.8 Å². The number of nitrogens with two attached hydrogens (primary N) is 1. The molecule has 6 heteroatoms. The number of carbonyl (C=O) groups excluding carboxylic acids is 2. The first kappa shape index (κ1) is 17.0. The Balaban J connectivity index is 2.06. The third-order valence-corrected chi connectivity index (χ3v) is 4.60. The molecule has 2 aromatic rings. The van der Waals surface area contributed by atoms with Crippen LogP contribution >= 0.6 is 11.3 Å². The minimum Gasteiger partial charge on any atom is -0.483 e. The molecule has 0 radical (unpaired) electrons. The molecule has 1 heterocycles. The van der Waals surface area contributed by atoms with Gasteiger partial charge in [-0.25, -0.2) is 0 Å².